The minimum absolute atomic E-state index is 0.278. The Labute approximate surface area is 148 Å². The second-order valence-corrected chi connectivity index (χ2v) is 6.15. The molecule has 3 rings (SSSR count). The smallest absolute Gasteiger partial charge is 0.124 e. The maximum atomic E-state index is 6.00. The molecular formula is C20H24N4O. The minimum Gasteiger partial charge on any atom is -0.489 e. The number of benzene rings is 1. The van der Waals surface area contributed by atoms with E-state index in [9.17, 15) is 0 Å². The van der Waals surface area contributed by atoms with Crippen LogP contribution in [-0.4, -0.2) is 20.8 Å². The van der Waals surface area contributed by atoms with Gasteiger partial charge in [0.15, 0.2) is 0 Å². The predicted octanol–water partition coefficient (Wildman–Crippen LogP) is 3.60. The monoisotopic (exact) mass is 336 g/mol. The Bertz CT molecular complexity index is 758. The Morgan fingerprint density at radius 1 is 1.04 bits per heavy atom. The van der Waals surface area contributed by atoms with Crippen LogP contribution in [0.5, 0.6) is 5.75 Å². The molecule has 1 aromatic carbocycles. The molecule has 130 valence electrons. The summed E-state index contributed by atoms with van der Waals surface area (Å²) in [6.07, 6.45) is 7.37. The third-order valence-electron chi connectivity index (χ3n) is 4.40. The molecule has 2 unspecified atom stereocenters. The Hall–Kier alpha value is -2.66. The van der Waals surface area contributed by atoms with Crippen LogP contribution in [0.2, 0.25) is 0 Å². The van der Waals surface area contributed by atoms with Crippen LogP contribution < -0.4 is 10.1 Å². The summed E-state index contributed by atoms with van der Waals surface area (Å²) in [6.45, 7) is 5.63. The first-order valence-corrected chi connectivity index (χ1v) is 8.56. The standard InChI is InChI=1S/C20H24N4O/c1-16(17(2)24-13-5-10-23-24)22-14-19-6-3-4-7-20(19)25-15-18-8-11-21-12-9-18/h3-13,16-17,22H,14-15H2,1-2H3. The highest BCUT2D eigenvalue weighted by Gasteiger charge is 2.14. The van der Waals surface area contributed by atoms with Crippen molar-refractivity contribution in [3.63, 3.8) is 0 Å². The number of para-hydroxylation sites is 1. The van der Waals surface area contributed by atoms with E-state index in [-0.39, 0.29) is 12.1 Å². The minimum atomic E-state index is 0.278. The normalized spacial score (nSPS) is 13.4. The van der Waals surface area contributed by atoms with Crippen LogP contribution in [0, 0.1) is 0 Å². The van der Waals surface area contributed by atoms with E-state index < -0.39 is 0 Å². The second-order valence-electron chi connectivity index (χ2n) is 6.15. The maximum absolute atomic E-state index is 6.00. The number of nitrogens with one attached hydrogen (secondary N) is 1. The Morgan fingerprint density at radius 2 is 1.84 bits per heavy atom. The summed E-state index contributed by atoms with van der Waals surface area (Å²) < 4.78 is 7.98. The van der Waals surface area contributed by atoms with Crippen LogP contribution in [0.4, 0.5) is 0 Å². The molecule has 5 heteroatoms. The molecule has 0 spiro atoms. The van der Waals surface area contributed by atoms with Gasteiger partial charge in [0.05, 0.1) is 6.04 Å². The van der Waals surface area contributed by atoms with Gasteiger partial charge in [0.1, 0.15) is 12.4 Å². The summed E-state index contributed by atoms with van der Waals surface area (Å²) >= 11 is 0. The number of hydrogen-bond acceptors (Lipinski definition) is 4. The highest BCUT2D eigenvalue weighted by molar-refractivity contribution is 5.33. The molecule has 2 heterocycles. The van der Waals surface area contributed by atoms with Crippen molar-refractivity contribution in [2.24, 2.45) is 0 Å². The van der Waals surface area contributed by atoms with E-state index in [4.69, 9.17) is 4.74 Å². The molecule has 0 saturated carbocycles. The van der Waals surface area contributed by atoms with Gasteiger partial charge in [-0.1, -0.05) is 18.2 Å². The van der Waals surface area contributed by atoms with Crippen molar-refractivity contribution < 1.29 is 4.74 Å². The van der Waals surface area contributed by atoms with Gasteiger partial charge in [-0.2, -0.15) is 5.10 Å². The quantitative estimate of drug-likeness (QED) is 0.683. The van der Waals surface area contributed by atoms with E-state index in [1.54, 1.807) is 12.4 Å². The number of pyridine rings is 1. The van der Waals surface area contributed by atoms with Crippen LogP contribution in [0.25, 0.3) is 0 Å². The van der Waals surface area contributed by atoms with Gasteiger partial charge in [0.2, 0.25) is 0 Å². The molecule has 2 aromatic heterocycles. The number of ether oxygens (including phenoxy) is 1. The predicted molar refractivity (Wildman–Crippen MR) is 98.3 cm³/mol. The maximum Gasteiger partial charge on any atom is 0.124 e. The molecule has 0 amide bonds. The van der Waals surface area contributed by atoms with E-state index in [0.29, 0.717) is 6.61 Å². The Morgan fingerprint density at radius 3 is 2.60 bits per heavy atom. The van der Waals surface area contributed by atoms with Gasteiger partial charge >= 0.3 is 0 Å². The van der Waals surface area contributed by atoms with E-state index in [1.165, 1.54) is 0 Å². The molecule has 3 aromatic rings. The largest absolute Gasteiger partial charge is 0.489 e. The fraction of sp³-hybridized carbons (Fsp3) is 0.300. The first-order valence-electron chi connectivity index (χ1n) is 8.56. The molecule has 0 saturated heterocycles. The zero-order chi connectivity index (χ0) is 17.5. The third kappa shape index (κ3) is 4.67. The molecular weight excluding hydrogens is 312 g/mol. The summed E-state index contributed by atoms with van der Waals surface area (Å²) in [6, 6.07) is 14.6. The lowest BCUT2D eigenvalue weighted by molar-refractivity contribution is 0.299. The number of rotatable bonds is 8. The van der Waals surface area contributed by atoms with Gasteiger partial charge < -0.3 is 10.1 Å². The Kier molecular flexibility index (Phi) is 5.80. The average Bonchev–Trinajstić information content (AvgIpc) is 3.20. The number of hydrogen-bond donors (Lipinski definition) is 1. The first kappa shape index (κ1) is 17.2. The zero-order valence-electron chi connectivity index (χ0n) is 14.7. The van der Waals surface area contributed by atoms with Crippen LogP contribution in [-0.2, 0) is 13.2 Å². The molecule has 25 heavy (non-hydrogen) atoms. The third-order valence-corrected chi connectivity index (χ3v) is 4.40. The fourth-order valence-corrected chi connectivity index (χ4v) is 2.62. The van der Waals surface area contributed by atoms with Gasteiger partial charge in [-0.3, -0.25) is 9.67 Å². The summed E-state index contributed by atoms with van der Waals surface area (Å²) in [5, 5.41) is 7.89. The average molecular weight is 336 g/mol. The lowest BCUT2D eigenvalue weighted by Crippen LogP contribution is -2.33. The van der Waals surface area contributed by atoms with Crippen LogP contribution in [0.3, 0.4) is 0 Å². The summed E-state index contributed by atoms with van der Waals surface area (Å²) in [4.78, 5) is 4.03. The molecule has 0 fully saturated rings. The van der Waals surface area contributed by atoms with E-state index in [1.807, 2.05) is 53.5 Å². The van der Waals surface area contributed by atoms with Gasteiger partial charge in [-0.15, -0.1) is 0 Å². The van der Waals surface area contributed by atoms with Gasteiger partial charge in [0, 0.05) is 42.9 Å². The summed E-state index contributed by atoms with van der Waals surface area (Å²) in [5.74, 6) is 0.908. The van der Waals surface area contributed by atoms with Crippen molar-refractivity contribution in [2.75, 3.05) is 0 Å². The van der Waals surface area contributed by atoms with Crippen molar-refractivity contribution in [2.45, 2.75) is 39.1 Å². The van der Waals surface area contributed by atoms with E-state index >= 15 is 0 Å². The van der Waals surface area contributed by atoms with Crippen molar-refractivity contribution in [3.05, 3.63) is 78.4 Å². The van der Waals surface area contributed by atoms with Crippen molar-refractivity contribution in [1.29, 1.82) is 0 Å². The SMILES string of the molecule is CC(NCc1ccccc1OCc1ccncc1)C(C)n1cccn1. The van der Waals surface area contributed by atoms with Crippen LogP contribution in [0.1, 0.15) is 31.0 Å². The lowest BCUT2D eigenvalue weighted by atomic mass is 10.1. The Balaban J connectivity index is 1.59. The topological polar surface area (TPSA) is 52.0 Å². The molecule has 1 N–H and O–H groups in total. The van der Waals surface area contributed by atoms with Crippen molar-refractivity contribution in [1.82, 2.24) is 20.1 Å². The highest BCUT2D eigenvalue weighted by Crippen LogP contribution is 2.20. The zero-order valence-corrected chi connectivity index (χ0v) is 14.7. The second kappa shape index (κ2) is 8.44. The molecule has 0 bridgehead atoms. The van der Waals surface area contributed by atoms with E-state index in [0.717, 1.165) is 23.4 Å². The summed E-state index contributed by atoms with van der Waals surface area (Å²) in [5.41, 5.74) is 2.26. The van der Waals surface area contributed by atoms with Gasteiger partial charge in [-0.05, 0) is 43.7 Å². The first-order chi connectivity index (χ1) is 12.2. The van der Waals surface area contributed by atoms with Crippen LogP contribution >= 0.6 is 0 Å². The number of nitrogens with zero attached hydrogens (tertiary/aromatic N) is 3. The van der Waals surface area contributed by atoms with Gasteiger partial charge in [-0.25, -0.2) is 0 Å². The molecule has 0 aliphatic heterocycles. The number of aromatic nitrogens is 3. The lowest BCUT2D eigenvalue weighted by Gasteiger charge is -2.22. The molecule has 5 nitrogen and oxygen atoms in total. The summed E-state index contributed by atoms with van der Waals surface area (Å²) in [7, 11) is 0. The van der Waals surface area contributed by atoms with Crippen molar-refractivity contribution in [3.8, 4) is 5.75 Å². The van der Waals surface area contributed by atoms with Crippen molar-refractivity contribution >= 4 is 0 Å². The molecule has 0 aliphatic rings. The fourth-order valence-electron chi connectivity index (χ4n) is 2.62. The molecule has 0 aliphatic carbocycles. The molecule has 2 atom stereocenters. The van der Waals surface area contributed by atoms with E-state index in [2.05, 4.69) is 35.3 Å². The highest BCUT2D eigenvalue weighted by atomic mass is 16.5. The van der Waals surface area contributed by atoms with Crippen LogP contribution in [0.15, 0.2) is 67.3 Å². The molecule has 0 radical (unpaired) electrons. The van der Waals surface area contributed by atoms with Gasteiger partial charge in [0.25, 0.3) is 0 Å².